The fourth-order valence-electron chi connectivity index (χ4n) is 4.48. The van der Waals surface area contributed by atoms with Gasteiger partial charge in [0.2, 0.25) is 0 Å². The number of hydrogen-bond acceptors (Lipinski definition) is 8. The molecule has 0 aromatic carbocycles. The summed E-state index contributed by atoms with van der Waals surface area (Å²) < 4.78 is 88.9. The van der Waals surface area contributed by atoms with Gasteiger partial charge in [-0.15, -0.1) is 0 Å². The summed E-state index contributed by atoms with van der Waals surface area (Å²) in [5.41, 5.74) is -4.00. The van der Waals surface area contributed by atoms with E-state index in [1.165, 1.54) is 0 Å². The molecule has 17 heteroatoms. The highest BCUT2D eigenvalue weighted by Crippen LogP contribution is 2.41. The lowest BCUT2D eigenvalue weighted by Crippen LogP contribution is -2.54. The van der Waals surface area contributed by atoms with Gasteiger partial charge in [-0.25, -0.2) is 9.97 Å². The van der Waals surface area contributed by atoms with Crippen molar-refractivity contribution in [1.82, 2.24) is 19.9 Å². The average molecular weight is 647 g/mol. The number of imidazole rings is 1. The summed E-state index contributed by atoms with van der Waals surface area (Å²) in [5.74, 6) is -1.25. The van der Waals surface area contributed by atoms with Gasteiger partial charge in [0.25, 0.3) is 5.91 Å². The second kappa shape index (κ2) is 14.2. The number of pyridine rings is 1. The van der Waals surface area contributed by atoms with Gasteiger partial charge in [-0.1, -0.05) is 39.3 Å². The zero-order valence-corrected chi connectivity index (χ0v) is 24.7. The molecule has 0 radical (unpaired) electrons. The Morgan fingerprint density at radius 1 is 1.33 bits per heavy atom. The normalized spacial score (nSPS) is 21.0. The van der Waals surface area contributed by atoms with Crippen LogP contribution in [0.25, 0.3) is 5.82 Å². The van der Waals surface area contributed by atoms with Crippen molar-refractivity contribution >= 4 is 29.1 Å². The van der Waals surface area contributed by atoms with Crippen LogP contribution in [0.2, 0.25) is 5.15 Å². The highest BCUT2D eigenvalue weighted by molar-refractivity contribution is 7.51. The summed E-state index contributed by atoms with van der Waals surface area (Å²) in [6.45, 7) is 1.97. The van der Waals surface area contributed by atoms with Crippen molar-refractivity contribution in [2.24, 2.45) is 11.3 Å². The number of aliphatic hydroxyl groups is 2. The Labute approximate surface area is 247 Å². The number of nitrogens with one attached hydrogen (secondary N) is 1. The Kier molecular flexibility index (Phi) is 12.0. The van der Waals surface area contributed by atoms with E-state index in [9.17, 15) is 37.0 Å². The molecule has 0 aliphatic heterocycles. The summed E-state index contributed by atoms with van der Waals surface area (Å²) >= 11 is 5.70. The van der Waals surface area contributed by atoms with Gasteiger partial charge in [-0.05, 0) is 43.2 Å². The number of halogens is 6. The van der Waals surface area contributed by atoms with Gasteiger partial charge in [0.05, 0.1) is 11.5 Å². The van der Waals surface area contributed by atoms with Crippen molar-refractivity contribution in [3.05, 3.63) is 34.5 Å². The predicted molar refractivity (Wildman–Crippen MR) is 141 cm³/mol. The molecule has 3 atom stereocenters. The van der Waals surface area contributed by atoms with Crippen molar-refractivity contribution in [2.75, 3.05) is 6.54 Å². The van der Waals surface area contributed by atoms with E-state index in [-0.39, 0.29) is 53.4 Å². The van der Waals surface area contributed by atoms with Crippen molar-refractivity contribution in [3.8, 4) is 11.6 Å². The molecular weight excluding hydrogens is 615 g/mol. The molecule has 0 saturated heterocycles. The summed E-state index contributed by atoms with van der Waals surface area (Å²) in [5, 5.41) is 23.3. The van der Waals surface area contributed by atoms with E-state index in [0.29, 0.717) is 12.8 Å². The van der Waals surface area contributed by atoms with Crippen LogP contribution in [-0.2, 0) is 24.4 Å². The highest BCUT2D eigenvalue weighted by atomic mass is 35.5. The lowest BCUT2D eigenvalue weighted by molar-refractivity contribution is -0.211. The number of aliphatic hydroxyl groups excluding tert-OH is 1. The van der Waals surface area contributed by atoms with Crippen LogP contribution >= 0.6 is 11.6 Å². The van der Waals surface area contributed by atoms with E-state index in [0.717, 1.165) is 30.7 Å². The second-order valence-electron chi connectivity index (χ2n) is 10.7. The van der Waals surface area contributed by atoms with E-state index < -0.39 is 59.6 Å². The standard InChI is InChI=1S/C25H32ClF5N4O4.O2S/c1-5-17-34-18(21(37)33-12-24(38)7-6-13(2)8-16(24)36)19(26)35(17)20-15(39-22(27)28)9-14(11-32-20)10-23(3,4)25(29,30)31;1-3-2/h9,11,13,16,22,36,38H,5-8,10,12H2,1-4H3,(H,33,37);/t13-,16-,24-;/m0./s1. The lowest BCUT2D eigenvalue weighted by Gasteiger charge is -2.39. The molecule has 1 aliphatic carbocycles. The number of carbonyl (C=O) groups excluding carboxylic acids is 1. The molecule has 2 aromatic rings. The van der Waals surface area contributed by atoms with Gasteiger partial charge in [-0.3, -0.25) is 9.36 Å². The first kappa shape index (κ1) is 35.5. The molecule has 0 bridgehead atoms. The molecule has 2 aromatic heterocycles. The largest absolute Gasteiger partial charge is 0.431 e. The molecule has 3 N–H and O–H groups in total. The molecule has 236 valence electrons. The number of hydrogen-bond donors (Lipinski definition) is 3. The Morgan fingerprint density at radius 3 is 2.48 bits per heavy atom. The average Bonchev–Trinajstić information content (AvgIpc) is 3.21. The number of ether oxygens (including phenoxy) is 1. The number of aromatic nitrogens is 3. The van der Waals surface area contributed by atoms with Gasteiger partial charge in [0, 0.05) is 19.2 Å². The van der Waals surface area contributed by atoms with Crippen LogP contribution in [0, 0.1) is 11.3 Å². The van der Waals surface area contributed by atoms with Crippen LogP contribution in [0.3, 0.4) is 0 Å². The maximum absolute atomic E-state index is 13.4. The smallest absolute Gasteiger partial charge is 0.394 e. The number of amides is 1. The Hall–Kier alpha value is -2.69. The Bertz CT molecular complexity index is 1290. The van der Waals surface area contributed by atoms with Gasteiger partial charge >= 0.3 is 24.4 Å². The van der Waals surface area contributed by atoms with E-state index >= 15 is 0 Å². The van der Waals surface area contributed by atoms with Gasteiger partial charge in [-0.2, -0.15) is 30.4 Å². The Morgan fingerprint density at radius 2 is 1.95 bits per heavy atom. The molecule has 1 fully saturated rings. The number of carbonyl (C=O) groups is 1. The summed E-state index contributed by atoms with van der Waals surface area (Å²) in [7, 11) is 0. The maximum Gasteiger partial charge on any atom is 0.394 e. The van der Waals surface area contributed by atoms with Gasteiger partial charge in [0.1, 0.15) is 16.6 Å². The topological polar surface area (TPSA) is 144 Å². The quantitative estimate of drug-likeness (QED) is 0.344. The molecule has 1 saturated carbocycles. The fraction of sp³-hybridized carbons (Fsp3) is 0.640. The molecule has 3 rings (SSSR count). The molecule has 2 heterocycles. The number of alkyl halides is 5. The predicted octanol–water partition coefficient (Wildman–Crippen LogP) is 4.19. The molecule has 42 heavy (non-hydrogen) atoms. The zero-order chi connectivity index (χ0) is 32.0. The highest BCUT2D eigenvalue weighted by Gasteiger charge is 2.47. The van der Waals surface area contributed by atoms with E-state index in [4.69, 9.17) is 20.0 Å². The van der Waals surface area contributed by atoms with Crippen LogP contribution in [0.4, 0.5) is 22.0 Å². The van der Waals surface area contributed by atoms with Crippen molar-refractivity contribution < 1.29 is 50.1 Å². The van der Waals surface area contributed by atoms with E-state index in [1.807, 2.05) is 6.92 Å². The number of nitrogens with zero attached hydrogens (tertiary/aromatic N) is 3. The van der Waals surface area contributed by atoms with Crippen LogP contribution < -0.4 is 10.1 Å². The monoisotopic (exact) mass is 646 g/mol. The first-order valence-electron chi connectivity index (χ1n) is 12.8. The first-order valence-corrected chi connectivity index (χ1v) is 13.8. The Balaban J connectivity index is 0.00000197. The van der Waals surface area contributed by atoms with Gasteiger partial charge < -0.3 is 20.3 Å². The zero-order valence-electron chi connectivity index (χ0n) is 23.2. The minimum atomic E-state index is -4.56. The number of aryl methyl sites for hydroxylation is 1. The van der Waals surface area contributed by atoms with Crippen LogP contribution in [0.1, 0.15) is 68.8 Å². The third kappa shape index (κ3) is 8.45. The first-order chi connectivity index (χ1) is 19.4. The van der Waals surface area contributed by atoms with Crippen LogP contribution in [0.5, 0.6) is 5.75 Å². The third-order valence-corrected chi connectivity index (χ3v) is 7.37. The van der Waals surface area contributed by atoms with Crippen LogP contribution in [0.15, 0.2) is 12.3 Å². The second-order valence-corrected chi connectivity index (χ2v) is 11.2. The molecule has 1 amide bonds. The molecule has 0 unspecified atom stereocenters. The van der Waals surface area contributed by atoms with E-state index in [2.05, 4.69) is 20.0 Å². The third-order valence-electron chi connectivity index (χ3n) is 7.02. The van der Waals surface area contributed by atoms with Crippen molar-refractivity contribution in [3.63, 3.8) is 0 Å². The minimum Gasteiger partial charge on any atom is -0.431 e. The summed E-state index contributed by atoms with van der Waals surface area (Å²) in [4.78, 5) is 21.2. The summed E-state index contributed by atoms with van der Waals surface area (Å²) in [6.07, 6.45) is -3.58. The fourth-order valence-corrected chi connectivity index (χ4v) is 4.79. The van der Waals surface area contributed by atoms with Gasteiger partial charge in [0.15, 0.2) is 17.3 Å². The van der Waals surface area contributed by atoms with Crippen LogP contribution in [-0.4, -0.2) is 70.1 Å². The molecule has 0 spiro atoms. The van der Waals surface area contributed by atoms with Crippen molar-refractivity contribution in [1.29, 1.82) is 0 Å². The minimum absolute atomic E-state index is 0.00224. The molecule has 1 aliphatic rings. The molecule has 10 nitrogen and oxygen atoms in total. The maximum atomic E-state index is 13.4. The number of rotatable bonds is 9. The summed E-state index contributed by atoms with van der Waals surface area (Å²) in [6, 6.07) is 1.03. The van der Waals surface area contributed by atoms with E-state index in [1.54, 1.807) is 6.92 Å². The SMILES string of the molecule is CCc1nc(C(=O)NC[C@@]2(O)CC[C@H](C)C[C@@H]2O)c(Cl)n1-c1ncc(CC(C)(C)C(F)(F)F)cc1OC(F)F.O=S=O. The van der Waals surface area contributed by atoms with Crippen molar-refractivity contribution in [2.45, 2.75) is 84.3 Å². The lowest BCUT2D eigenvalue weighted by atomic mass is 9.77. The molecular formula is C25H32ClF5N4O6S.